The first-order chi connectivity index (χ1) is 5.79. The molecule has 0 aliphatic carbocycles. The summed E-state index contributed by atoms with van der Waals surface area (Å²) in [5.41, 5.74) is 0. The number of rotatable bonds is 2. The van der Waals surface area contributed by atoms with Gasteiger partial charge in [-0.2, -0.15) is 0 Å². The minimum atomic E-state index is 0.288. The molecular formula is C10H20O2. The van der Waals surface area contributed by atoms with Gasteiger partial charge in [-0.1, -0.05) is 13.8 Å². The molecule has 1 saturated heterocycles. The molecule has 0 saturated carbocycles. The van der Waals surface area contributed by atoms with Crippen molar-refractivity contribution in [2.75, 3.05) is 13.2 Å². The minimum Gasteiger partial charge on any atom is -0.381 e. The Morgan fingerprint density at radius 2 is 2.17 bits per heavy atom. The third-order valence-electron chi connectivity index (χ3n) is 1.83. The van der Waals surface area contributed by atoms with Crippen molar-refractivity contribution in [2.24, 2.45) is 5.92 Å². The molecule has 1 heterocycles. The van der Waals surface area contributed by atoms with Gasteiger partial charge in [0, 0.05) is 19.6 Å². The fourth-order valence-corrected chi connectivity index (χ4v) is 1.37. The average molecular weight is 172 g/mol. The van der Waals surface area contributed by atoms with Gasteiger partial charge in [-0.25, -0.2) is 0 Å². The first kappa shape index (κ1) is 11.6. The van der Waals surface area contributed by atoms with Crippen LogP contribution in [0.25, 0.3) is 0 Å². The zero-order valence-corrected chi connectivity index (χ0v) is 8.43. The second-order valence-corrected chi connectivity index (χ2v) is 2.99. The Kier molecular flexibility index (Phi) is 7.06. The van der Waals surface area contributed by atoms with Gasteiger partial charge in [-0.05, 0) is 25.7 Å². The number of carbonyl (C=O) groups is 1. The standard InChI is InChI=1S/C8H14O2.C2H6/c1-7(9)5-8-3-2-4-10-6-8;1-2/h8H,2-6H2,1H3;1-2H3. The number of carbonyl (C=O) groups excluding carboxylic acids is 1. The van der Waals surface area contributed by atoms with Crippen LogP contribution in [-0.4, -0.2) is 19.0 Å². The minimum absolute atomic E-state index is 0.288. The van der Waals surface area contributed by atoms with E-state index in [0.29, 0.717) is 12.3 Å². The van der Waals surface area contributed by atoms with Crippen LogP contribution in [0.4, 0.5) is 0 Å². The molecule has 0 amide bonds. The van der Waals surface area contributed by atoms with Gasteiger partial charge in [-0.3, -0.25) is 0 Å². The summed E-state index contributed by atoms with van der Waals surface area (Å²) < 4.78 is 5.23. The Bertz CT molecular complexity index is 115. The third kappa shape index (κ3) is 5.30. The maximum absolute atomic E-state index is 10.7. The van der Waals surface area contributed by atoms with E-state index >= 15 is 0 Å². The summed E-state index contributed by atoms with van der Waals surface area (Å²) in [5, 5.41) is 0. The van der Waals surface area contributed by atoms with E-state index in [9.17, 15) is 4.79 Å². The molecule has 1 unspecified atom stereocenters. The van der Waals surface area contributed by atoms with Crippen LogP contribution in [-0.2, 0) is 9.53 Å². The molecule has 1 aliphatic rings. The van der Waals surface area contributed by atoms with Gasteiger partial charge >= 0.3 is 0 Å². The van der Waals surface area contributed by atoms with Crippen LogP contribution in [0, 0.1) is 5.92 Å². The van der Waals surface area contributed by atoms with Gasteiger partial charge in [0.25, 0.3) is 0 Å². The molecule has 0 aromatic carbocycles. The highest BCUT2D eigenvalue weighted by Crippen LogP contribution is 2.16. The lowest BCUT2D eigenvalue weighted by atomic mass is 9.97. The summed E-state index contributed by atoms with van der Waals surface area (Å²) in [6, 6.07) is 0. The van der Waals surface area contributed by atoms with Crippen molar-refractivity contribution in [1.29, 1.82) is 0 Å². The van der Waals surface area contributed by atoms with E-state index < -0.39 is 0 Å². The highest BCUT2D eigenvalue weighted by molar-refractivity contribution is 5.75. The van der Waals surface area contributed by atoms with E-state index in [0.717, 1.165) is 19.6 Å². The van der Waals surface area contributed by atoms with Gasteiger partial charge in [0.05, 0.1) is 0 Å². The first-order valence-corrected chi connectivity index (χ1v) is 4.86. The van der Waals surface area contributed by atoms with Crippen LogP contribution in [0.5, 0.6) is 0 Å². The fourth-order valence-electron chi connectivity index (χ4n) is 1.37. The lowest BCUT2D eigenvalue weighted by Gasteiger charge is -2.20. The van der Waals surface area contributed by atoms with Crippen molar-refractivity contribution in [2.45, 2.75) is 40.0 Å². The average Bonchev–Trinajstić information content (AvgIpc) is 2.08. The highest BCUT2D eigenvalue weighted by Gasteiger charge is 2.14. The van der Waals surface area contributed by atoms with Crippen molar-refractivity contribution in [3.63, 3.8) is 0 Å². The van der Waals surface area contributed by atoms with Gasteiger partial charge in [-0.15, -0.1) is 0 Å². The summed E-state index contributed by atoms with van der Waals surface area (Å²) in [6.07, 6.45) is 3.00. The summed E-state index contributed by atoms with van der Waals surface area (Å²) in [5.74, 6) is 0.793. The molecular weight excluding hydrogens is 152 g/mol. The summed E-state index contributed by atoms with van der Waals surface area (Å²) in [7, 11) is 0. The molecule has 0 bridgehead atoms. The van der Waals surface area contributed by atoms with E-state index in [-0.39, 0.29) is 5.78 Å². The second-order valence-electron chi connectivity index (χ2n) is 2.99. The van der Waals surface area contributed by atoms with Gasteiger partial charge in [0.2, 0.25) is 0 Å². The second kappa shape index (κ2) is 7.29. The molecule has 1 aliphatic heterocycles. The molecule has 2 heteroatoms. The maximum Gasteiger partial charge on any atom is 0.130 e. The summed E-state index contributed by atoms with van der Waals surface area (Å²) in [6.45, 7) is 7.32. The number of ketones is 1. The van der Waals surface area contributed by atoms with Crippen LogP contribution in [0.3, 0.4) is 0 Å². The number of ether oxygens (including phenoxy) is 1. The molecule has 0 aromatic heterocycles. The highest BCUT2D eigenvalue weighted by atomic mass is 16.5. The molecule has 0 aromatic rings. The van der Waals surface area contributed by atoms with Gasteiger partial charge in [0.15, 0.2) is 0 Å². The van der Waals surface area contributed by atoms with E-state index in [4.69, 9.17) is 4.74 Å². The van der Waals surface area contributed by atoms with Crippen LogP contribution < -0.4 is 0 Å². The van der Waals surface area contributed by atoms with Crippen LogP contribution in [0.1, 0.15) is 40.0 Å². The molecule has 0 spiro atoms. The predicted molar refractivity (Wildman–Crippen MR) is 50.2 cm³/mol. The fraction of sp³-hybridized carbons (Fsp3) is 0.900. The quantitative estimate of drug-likeness (QED) is 0.639. The van der Waals surface area contributed by atoms with E-state index in [1.165, 1.54) is 6.42 Å². The van der Waals surface area contributed by atoms with Crippen LogP contribution in [0.15, 0.2) is 0 Å². The Morgan fingerprint density at radius 1 is 1.50 bits per heavy atom. The van der Waals surface area contributed by atoms with E-state index in [1.807, 2.05) is 13.8 Å². The van der Waals surface area contributed by atoms with Crippen LogP contribution >= 0.6 is 0 Å². The first-order valence-electron chi connectivity index (χ1n) is 4.86. The van der Waals surface area contributed by atoms with Gasteiger partial charge < -0.3 is 9.53 Å². The molecule has 12 heavy (non-hydrogen) atoms. The normalized spacial score (nSPS) is 22.4. The maximum atomic E-state index is 10.7. The van der Waals surface area contributed by atoms with Crippen molar-refractivity contribution in [1.82, 2.24) is 0 Å². The number of hydrogen-bond donors (Lipinski definition) is 0. The van der Waals surface area contributed by atoms with Gasteiger partial charge in [0.1, 0.15) is 5.78 Å². The van der Waals surface area contributed by atoms with Crippen molar-refractivity contribution < 1.29 is 9.53 Å². The monoisotopic (exact) mass is 172 g/mol. The van der Waals surface area contributed by atoms with Crippen molar-refractivity contribution in [3.05, 3.63) is 0 Å². The molecule has 0 radical (unpaired) electrons. The van der Waals surface area contributed by atoms with Crippen LogP contribution in [0.2, 0.25) is 0 Å². The zero-order chi connectivity index (χ0) is 9.40. The summed E-state index contributed by atoms with van der Waals surface area (Å²) >= 11 is 0. The third-order valence-corrected chi connectivity index (χ3v) is 1.83. The lowest BCUT2D eigenvalue weighted by Crippen LogP contribution is -2.19. The number of Topliss-reactive ketones (excluding diaryl/α,β-unsaturated/α-hetero) is 1. The van der Waals surface area contributed by atoms with E-state index in [1.54, 1.807) is 6.92 Å². The Morgan fingerprint density at radius 3 is 2.58 bits per heavy atom. The molecule has 72 valence electrons. The zero-order valence-electron chi connectivity index (χ0n) is 8.43. The number of hydrogen-bond acceptors (Lipinski definition) is 2. The largest absolute Gasteiger partial charge is 0.381 e. The Labute approximate surface area is 75.3 Å². The Hall–Kier alpha value is -0.370. The molecule has 1 rings (SSSR count). The van der Waals surface area contributed by atoms with Crippen molar-refractivity contribution >= 4 is 5.78 Å². The van der Waals surface area contributed by atoms with E-state index in [2.05, 4.69) is 0 Å². The molecule has 1 fully saturated rings. The molecule has 1 atom stereocenters. The molecule has 2 nitrogen and oxygen atoms in total. The van der Waals surface area contributed by atoms with Crippen molar-refractivity contribution in [3.8, 4) is 0 Å². The summed E-state index contributed by atoms with van der Waals surface area (Å²) in [4.78, 5) is 10.7. The smallest absolute Gasteiger partial charge is 0.130 e. The predicted octanol–water partition coefficient (Wildman–Crippen LogP) is 2.42. The lowest BCUT2D eigenvalue weighted by molar-refractivity contribution is -0.118. The topological polar surface area (TPSA) is 26.3 Å². The molecule has 0 N–H and O–H groups in total. The Balaban J connectivity index is 0.000000561. The SMILES string of the molecule is CC.CC(=O)CC1CCCOC1.